The molecule has 0 spiro atoms. The Morgan fingerprint density at radius 1 is 0.579 bits per heavy atom. The van der Waals surface area contributed by atoms with Gasteiger partial charge >= 0.3 is 0 Å². The minimum Gasteiger partial charge on any atom is -0.394 e. The maximum Gasteiger partial charge on any atom is 0.186 e. The largest absolute Gasteiger partial charge is 0.394 e. The Labute approximate surface area is 220 Å². The van der Waals surface area contributed by atoms with Crippen LogP contribution in [0.25, 0.3) is 0 Å². The highest BCUT2D eigenvalue weighted by molar-refractivity contribution is 4.95. The van der Waals surface area contributed by atoms with Crippen molar-refractivity contribution in [2.75, 3.05) is 40.1 Å². The predicted molar refractivity (Wildman–Crippen MR) is 124 cm³/mol. The Bertz CT molecular complexity index is 698. The van der Waals surface area contributed by atoms with E-state index >= 15 is 0 Å². The fourth-order valence-electron chi connectivity index (χ4n) is 5.12. The zero-order valence-electron chi connectivity index (χ0n) is 21.4. The molecule has 0 aliphatic carbocycles. The smallest absolute Gasteiger partial charge is 0.186 e. The van der Waals surface area contributed by atoms with Crippen LogP contribution in [0.2, 0.25) is 0 Å². The summed E-state index contributed by atoms with van der Waals surface area (Å²) in [5.74, 6) is -0.763. The molecule has 38 heavy (non-hydrogen) atoms. The second kappa shape index (κ2) is 14.3. The van der Waals surface area contributed by atoms with Gasteiger partial charge in [0.25, 0.3) is 0 Å². The maximum atomic E-state index is 10.6. The summed E-state index contributed by atoms with van der Waals surface area (Å²) in [5, 5.41) is 91.0. The van der Waals surface area contributed by atoms with Crippen LogP contribution in [-0.4, -0.2) is 172 Å². The molecular weight excluding hydrogens is 516 g/mol. The summed E-state index contributed by atoms with van der Waals surface area (Å²) in [4.78, 5) is 0. The van der Waals surface area contributed by atoms with E-state index in [0.29, 0.717) is 6.42 Å². The van der Waals surface area contributed by atoms with Crippen LogP contribution in [0.15, 0.2) is 0 Å². The molecule has 0 bridgehead atoms. The molecule has 9 N–H and O–H groups in total. The normalized spacial score (nSPS) is 48.2. The van der Waals surface area contributed by atoms with Gasteiger partial charge in [0.1, 0.15) is 61.0 Å². The molecule has 0 saturated carbocycles. The van der Waals surface area contributed by atoms with Crippen LogP contribution in [0, 0.1) is 5.92 Å². The first-order valence-corrected chi connectivity index (χ1v) is 12.8. The molecule has 15 nitrogen and oxygen atoms in total. The van der Waals surface area contributed by atoms with E-state index in [1.165, 1.54) is 7.11 Å². The highest BCUT2D eigenvalue weighted by Gasteiger charge is 2.48. The summed E-state index contributed by atoms with van der Waals surface area (Å²) in [6.45, 7) is 0.00613. The Kier molecular flexibility index (Phi) is 12.0. The Balaban J connectivity index is 1.59. The summed E-state index contributed by atoms with van der Waals surface area (Å²) < 4.78 is 33.2. The van der Waals surface area contributed by atoms with Crippen molar-refractivity contribution < 1.29 is 74.4 Å². The Hall–Kier alpha value is -0.600. The van der Waals surface area contributed by atoms with E-state index in [1.54, 1.807) is 6.92 Å². The SMILES string of the molecule is CC[C@@H]1O[C@@H](CO)[C@@H](COC[C@@H]2OC(CO[C@H]3OC(CO)[C@H](O)[C@@H](O)C3O)[C@@H](OC)[C@@H](O)C2O)C(O)C1O. The third-order valence-electron chi connectivity index (χ3n) is 7.50. The van der Waals surface area contributed by atoms with E-state index in [-0.39, 0.29) is 19.8 Å². The summed E-state index contributed by atoms with van der Waals surface area (Å²) >= 11 is 0. The van der Waals surface area contributed by atoms with Crippen molar-refractivity contribution in [2.45, 2.75) is 99.0 Å². The minimum atomic E-state index is -1.64. The highest BCUT2D eigenvalue weighted by atomic mass is 16.7. The number of ether oxygens (including phenoxy) is 6. The van der Waals surface area contributed by atoms with Crippen LogP contribution < -0.4 is 0 Å². The fourth-order valence-corrected chi connectivity index (χ4v) is 5.12. The van der Waals surface area contributed by atoms with Crippen LogP contribution in [0.3, 0.4) is 0 Å². The first kappa shape index (κ1) is 31.9. The standard InChI is InChI=1S/C23H42O15/c1-3-10-16(27)15(26)9(11(4-24)36-10)6-34-7-13-18(29)20(31)22(33-2)14(37-13)8-35-23-21(32)19(30)17(28)12(5-25)38-23/h9-32H,3-8H2,1-2H3/t9-,10+,11+,12?,13+,14?,15?,16?,17+,18?,19-,20+,21?,22-,23+/m1/s1. The van der Waals surface area contributed by atoms with E-state index in [1.807, 2.05) is 0 Å². The minimum absolute atomic E-state index is 0.150. The molecule has 0 aromatic heterocycles. The van der Waals surface area contributed by atoms with Crippen molar-refractivity contribution in [1.82, 2.24) is 0 Å². The lowest BCUT2D eigenvalue weighted by molar-refractivity contribution is -0.316. The zero-order valence-corrected chi connectivity index (χ0v) is 21.4. The molecular formula is C23H42O15. The molecule has 15 atom stereocenters. The molecule has 15 heteroatoms. The molecule has 3 rings (SSSR count). The molecule has 3 aliphatic heterocycles. The van der Waals surface area contributed by atoms with Gasteiger partial charge in [-0.1, -0.05) is 6.92 Å². The average Bonchev–Trinajstić information content (AvgIpc) is 2.92. The molecule has 0 aromatic rings. The summed E-state index contributed by atoms with van der Waals surface area (Å²) in [6.07, 6.45) is -16.8. The van der Waals surface area contributed by atoms with Crippen LogP contribution >= 0.6 is 0 Å². The second-order valence-corrected chi connectivity index (χ2v) is 9.91. The van der Waals surface area contributed by atoms with Gasteiger partial charge in [-0.25, -0.2) is 0 Å². The Morgan fingerprint density at radius 2 is 1.18 bits per heavy atom. The van der Waals surface area contributed by atoms with E-state index in [0.717, 1.165) is 0 Å². The molecule has 6 unspecified atom stereocenters. The van der Waals surface area contributed by atoms with Crippen LogP contribution in [-0.2, 0) is 28.4 Å². The van der Waals surface area contributed by atoms with Crippen LogP contribution in [0.5, 0.6) is 0 Å². The van der Waals surface area contributed by atoms with E-state index in [9.17, 15) is 46.0 Å². The fraction of sp³-hybridized carbons (Fsp3) is 1.00. The van der Waals surface area contributed by atoms with Gasteiger partial charge in [0.2, 0.25) is 0 Å². The van der Waals surface area contributed by atoms with Crippen LogP contribution in [0.4, 0.5) is 0 Å². The number of methoxy groups -OCH3 is 1. The molecule has 3 saturated heterocycles. The van der Waals surface area contributed by atoms with Gasteiger partial charge in [-0.05, 0) is 6.42 Å². The lowest BCUT2D eigenvalue weighted by atomic mass is 9.86. The summed E-state index contributed by atoms with van der Waals surface area (Å²) in [6, 6.07) is 0. The number of rotatable bonds is 11. The van der Waals surface area contributed by atoms with Crippen molar-refractivity contribution in [3.05, 3.63) is 0 Å². The van der Waals surface area contributed by atoms with E-state index in [2.05, 4.69) is 0 Å². The van der Waals surface area contributed by atoms with Crippen molar-refractivity contribution in [1.29, 1.82) is 0 Å². The van der Waals surface area contributed by atoms with Crippen LogP contribution in [0.1, 0.15) is 13.3 Å². The lowest BCUT2D eigenvalue weighted by Gasteiger charge is -2.44. The molecule has 0 radical (unpaired) electrons. The van der Waals surface area contributed by atoms with Crippen molar-refractivity contribution in [3.63, 3.8) is 0 Å². The number of hydrogen-bond donors (Lipinski definition) is 9. The Morgan fingerprint density at radius 3 is 1.79 bits per heavy atom. The second-order valence-electron chi connectivity index (χ2n) is 9.91. The van der Waals surface area contributed by atoms with Gasteiger partial charge in [-0.15, -0.1) is 0 Å². The number of aliphatic hydroxyl groups excluding tert-OH is 9. The first-order valence-electron chi connectivity index (χ1n) is 12.8. The van der Waals surface area contributed by atoms with E-state index in [4.69, 9.17) is 28.4 Å². The molecule has 3 aliphatic rings. The van der Waals surface area contributed by atoms with E-state index < -0.39 is 105 Å². The van der Waals surface area contributed by atoms with Gasteiger partial charge in [-0.3, -0.25) is 0 Å². The molecule has 0 amide bonds. The van der Waals surface area contributed by atoms with Gasteiger partial charge < -0.3 is 74.4 Å². The quantitative estimate of drug-likeness (QED) is 0.115. The summed E-state index contributed by atoms with van der Waals surface area (Å²) in [7, 11) is 1.29. The third kappa shape index (κ3) is 6.82. The van der Waals surface area contributed by atoms with Gasteiger partial charge in [0, 0.05) is 13.0 Å². The first-order chi connectivity index (χ1) is 18.1. The van der Waals surface area contributed by atoms with Crippen molar-refractivity contribution in [3.8, 4) is 0 Å². The van der Waals surface area contributed by atoms with Crippen molar-refractivity contribution >= 4 is 0 Å². The lowest BCUT2D eigenvalue weighted by Crippen LogP contribution is -2.62. The highest BCUT2D eigenvalue weighted by Crippen LogP contribution is 2.30. The number of hydrogen-bond acceptors (Lipinski definition) is 15. The summed E-state index contributed by atoms with van der Waals surface area (Å²) in [5.41, 5.74) is 0. The average molecular weight is 559 g/mol. The maximum absolute atomic E-state index is 10.6. The van der Waals surface area contributed by atoms with Gasteiger partial charge in [0.05, 0.1) is 51.3 Å². The topological polar surface area (TPSA) is 237 Å². The molecule has 3 heterocycles. The predicted octanol–water partition coefficient (Wildman–Crippen LogP) is -5.17. The molecule has 0 aromatic carbocycles. The van der Waals surface area contributed by atoms with Crippen molar-refractivity contribution in [2.24, 2.45) is 5.92 Å². The molecule has 224 valence electrons. The van der Waals surface area contributed by atoms with Gasteiger partial charge in [0.15, 0.2) is 6.29 Å². The third-order valence-corrected chi connectivity index (χ3v) is 7.50. The molecule has 3 fully saturated rings. The monoisotopic (exact) mass is 558 g/mol. The van der Waals surface area contributed by atoms with Gasteiger partial charge in [-0.2, -0.15) is 0 Å². The number of aliphatic hydroxyl groups is 9. The zero-order chi connectivity index (χ0) is 28.1.